The molecular formula is C50H54N4O7. The molecule has 3 N–H and O–H groups in total. The van der Waals surface area contributed by atoms with Crippen molar-refractivity contribution in [3.05, 3.63) is 142 Å². The molecule has 61 heavy (non-hydrogen) atoms. The number of fused-ring (bicyclic) bond motifs is 2. The molecule has 0 saturated heterocycles. The lowest BCUT2D eigenvalue weighted by Crippen LogP contribution is -2.57. The molecule has 1 aromatic heterocycles. The van der Waals surface area contributed by atoms with Crippen molar-refractivity contribution in [3.63, 3.8) is 0 Å². The van der Waals surface area contributed by atoms with Crippen LogP contribution in [0.3, 0.4) is 0 Å². The fraction of sp³-hybridized carbons (Fsp3) is 0.360. The van der Waals surface area contributed by atoms with E-state index >= 15 is 0 Å². The van der Waals surface area contributed by atoms with Crippen LogP contribution >= 0.6 is 0 Å². The highest BCUT2D eigenvalue weighted by Gasteiger charge is 2.38. The summed E-state index contributed by atoms with van der Waals surface area (Å²) < 4.78 is 19.3. The Morgan fingerprint density at radius 2 is 1.62 bits per heavy atom. The summed E-state index contributed by atoms with van der Waals surface area (Å²) in [5.41, 5.74) is 8.27. The van der Waals surface area contributed by atoms with Crippen molar-refractivity contribution in [2.24, 2.45) is 5.92 Å². The smallest absolute Gasteiger partial charge is 0.326 e. The Bertz CT molecular complexity index is 2360. The van der Waals surface area contributed by atoms with Crippen LogP contribution in [0, 0.1) is 19.8 Å². The standard InChI is InChI=1S/C50H54N4O7/c1-31-32(2)51-23-22-40(31)37-20-18-34(19-21-37)24-42(49(56)57)53-48(55)43-25-38-26-45-46(27-39(38)28-54(43)50(58)52-33(3)36-14-8-5-9-15-36)61-47(30-60-45)41-16-10-11-17-44(41)59-29-35-12-6-4-7-13-35/h5,8-11,14-23,26-27,33,35,42-43,47H,4,6-7,12-13,24-25,28-30H2,1-3H3,(H,52,58)(H,53,55)(H,56,57)/t33-,42+,43+,47-/m1/s1. The van der Waals surface area contributed by atoms with Gasteiger partial charge in [-0.1, -0.05) is 92.1 Å². The fourth-order valence-corrected chi connectivity index (χ4v) is 8.76. The number of aliphatic carboxylic acids is 1. The maximum atomic E-state index is 14.3. The highest BCUT2D eigenvalue weighted by molar-refractivity contribution is 5.91. The minimum atomic E-state index is -1.23. The topological polar surface area (TPSA) is 139 Å². The van der Waals surface area contributed by atoms with Crippen LogP contribution in [-0.4, -0.2) is 58.2 Å². The first-order valence-electron chi connectivity index (χ1n) is 21.4. The van der Waals surface area contributed by atoms with Crippen molar-refractivity contribution < 1.29 is 33.7 Å². The Kier molecular flexibility index (Phi) is 12.5. The van der Waals surface area contributed by atoms with Gasteiger partial charge in [-0.15, -0.1) is 0 Å². The second-order valence-corrected chi connectivity index (χ2v) is 16.6. The molecule has 8 rings (SSSR count). The third-order valence-corrected chi connectivity index (χ3v) is 12.5. The van der Waals surface area contributed by atoms with Gasteiger partial charge in [0, 0.05) is 36.8 Å². The molecule has 2 aliphatic heterocycles. The number of carbonyl (C=O) groups is 3. The molecule has 11 heteroatoms. The number of carboxylic acids is 1. The van der Waals surface area contributed by atoms with Gasteiger partial charge in [0.15, 0.2) is 17.6 Å². The normalized spacial score (nSPS) is 18.3. The first kappa shape index (κ1) is 41.4. The maximum Gasteiger partial charge on any atom is 0.326 e. The number of aryl methyl sites for hydroxylation is 1. The molecule has 3 amide bonds. The van der Waals surface area contributed by atoms with Gasteiger partial charge in [-0.3, -0.25) is 9.78 Å². The third-order valence-electron chi connectivity index (χ3n) is 12.5. The predicted molar refractivity (Wildman–Crippen MR) is 233 cm³/mol. The highest BCUT2D eigenvalue weighted by atomic mass is 16.6. The number of carboxylic acid groups (broad SMARTS) is 1. The summed E-state index contributed by atoms with van der Waals surface area (Å²) in [7, 11) is 0. The van der Waals surface area contributed by atoms with Gasteiger partial charge in [0.2, 0.25) is 5.91 Å². The first-order chi connectivity index (χ1) is 29.6. The van der Waals surface area contributed by atoms with Gasteiger partial charge in [-0.25, -0.2) is 9.59 Å². The molecule has 11 nitrogen and oxygen atoms in total. The van der Waals surface area contributed by atoms with E-state index in [1.54, 1.807) is 6.20 Å². The van der Waals surface area contributed by atoms with E-state index in [0.29, 0.717) is 24.0 Å². The number of rotatable bonds is 12. The number of nitrogens with zero attached hydrogens (tertiary/aromatic N) is 2. The average Bonchev–Trinajstić information content (AvgIpc) is 3.28. The molecule has 0 spiro atoms. The minimum absolute atomic E-state index is 0.0604. The van der Waals surface area contributed by atoms with E-state index in [9.17, 15) is 19.5 Å². The quantitative estimate of drug-likeness (QED) is 0.114. The summed E-state index contributed by atoms with van der Waals surface area (Å²) in [5.74, 6) is 0.717. The Hall–Kier alpha value is -6.36. The van der Waals surface area contributed by atoms with E-state index in [4.69, 9.17) is 14.2 Å². The highest BCUT2D eigenvalue weighted by Crippen LogP contribution is 2.42. The second kappa shape index (κ2) is 18.5. The molecule has 4 aromatic carbocycles. The van der Waals surface area contributed by atoms with Gasteiger partial charge >= 0.3 is 12.0 Å². The number of hydrogen-bond donors (Lipinski definition) is 3. The molecule has 0 radical (unpaired) electrons. The van der Waals surface area contributed by atoms with Crippen LogP contribution in [-0.2, 0) is 29.0 Å². The summed E-state index contributed by atoms with van der Waals surface area (Å²) in [4.78, 5) is 47.0. The number of aromatic nitrogens is 1. The van der Waals surface area contributed by atoms with Crippen molar-refractivity contribution in [1.29, 1.82) is 0 Å². The Morgan fingerprint density at radius 1 is 0.885 bits per heavy atom. The number of hydrogen-bond acceptors (Lipinski definition) is 7. The van der Waals surface area contributed by atoms with E-state index in [1.807, 2.05) is 118 Å². The van der Waals surface area contributed by atoms with Gasteiger partial charge in [0.25, 0.3) is 0 Å². The van der Waals surface area contributed by atoms with E-state index < -0.39 is 36.1 Å². The molecule has 3 heterocycles. The number of urea groups is 1. The zero-order chi connectivity index (χ0) is 42.5. The third kappa shape index (κ3) is 9.51. The summed E-state index contributed by atoms with van der Waals surface area (Å²) in [6.45, 7) is 6.92. The van der Waals surface area contributed by atoms with Crippen molar-refractivity contribution in [3.8, 4) is 28.4 Å². The average molecular weight is 823 g/mol. The molecule has 4 atom stereocenters. The largest absolute Gasteiger partial charge is 0.493 e. The van der Waals surface area contributed by atoms with Crippen molar-refractivity contribution >= 4 is 17.9 Å². The molecule has 316 valence electrons. The van der Waals surface area contributed by atoms with Gasteiger partial charge in [0.05, 0.1) is 12.6 Å². The van der Waals surface area contributed by atoms with E-state index in [-0.39, 0.29) is 32.0 Å². The number of amides is 3. The minimum Gasteiger partial charge on any atom is -0.493 e. The summed E-state index contributed by atoms with van der Waals surface area (Å²) >= 11 is 0. The van der Waals surface area contributed by atoms with Crippen LogP contribution in [0.4, 0.5) is 4.79 Å². The zero-order valence-electron chi connectivity index (χ0n) is 35.1. The molecule has 0 bridgehead atoms. The fourth-order valence-electron chi connectivity index (χ4n) is 8.76. The molecule has 1 fully saturated rings. The lowest BCUT2D eigenvalue weighted by Gasteiger charge is -2.38. The number of benzene rings is 4. The van der Waals surface area contributed by atoms with Crippen molar-refractivity contribution in [2.45, 2.75) is 96.5 Å². The van der Waals surface area contributed by atoms with Crippen LogP contribution < -0.4 is 24.8 Å². The Labute approximate surface area is 357 Å². The van der Waals surface area contributed by atoms with Crippen molar-refractivity contribution in [2.75, 3.05) is 13.2 Å². The molecule has 3 aliphatic rings. The van der Waals surface area contributed by atoms with Crippen LogP contribution in [0.15, 0.2) is 103 Å². The molecule has 1 aliphatic carbocycles. The van der Waals surface area contributed by atoms with Crippen LogP contribution in [0.25, 0.3) is 11.1 Å². The first-order valence-corrected chi connectivity index (χ1v) is 21.4. The number of nitrogens with one attached hydrogen (secondary N) is 2. The lowest BCUT2D eigenvalue weighted by molar-refractivity contribution is -0.142. The molecule has 1 saturated carbocycles. The van der Waals surface area contributed by atoms with E-state index in [2.05, 4.69) is 15.6 Å². The van der Waals surface area contributed by atoms with Crippen LogP contribution in [0.5, 0.6) is 17.2 Å². The Balaban J connectivity index is 1.01. The van der Waals surface area contributed by atoms with Gasteiger partial charge in [-0.2, -0.15) is 0 Å². The molecule has 0 unspecified atom stereocenters. The predicted octanol–water partition coefficient (Wildman–Crippen LogP) is 8.85. The summed E-state index contributed by atoms with van der Waals surface area (Å²) in [5, 5.41) is 16.2. The zero-order valence-corrected chi connectivity index (χ0v) is 35.1. The van der Waals surface area contributed by atoms with Crippen molar-refractivity contribution in [1.82, 2.24) is 20.5 Å². The number of pyridine rings is 1. The number of ether oxygens (including phenoxy) is 3. The monoisotopic (exact) mass is 822 g/mol. The van der Waals surface area contributed by atoms with Gasteiger partial charge < -0.3 is 34.9 Å². The molecular weight excluding hydrogens is 769 g/mol. The van der Waals surface area contributed by atoms with Gasteiger partial charge in [-0.05, 0) is 103 Å². The number of para-hydroxylation sites is 1. The Morgan fingerprint density at radius 3 is 2.39 bits per heavy atom. The van der Waals surface area contributed by atoms with Crippen LogP contribution in [0.2, 0.25) is 0 Å². The lowest BCUT2D eigenvalue weighted by atomic mass is 9.90. The van der Waals surface area contributed by atoms with E-state index in [0.717, 1.165) is 56.0 Å². The van der Waals surface area contributed by atoms with E-state index in [1.165, 1.54) is 37.0 Å². The second-order valence-electron chi connectivity index (χ2n) is 16.6. The summed E-state index contributed by atoms with van der Waals surface area (Å²) in [6, 6.07) is 27.9. The SMILES string of the molecule is Cc1nccc(-c2ccc(C[C@H](NC(=O)[C@@H]3Cc4cc5c(cc4CN3C(=O)N[C@H](C)c3ccccc3)O[C@@H](c3ccccc3OCC3CCCCC3)CO5)C(=O)O)cc2)c1C. The number of carbonyl (C=O) groups excluding carboxylic acids is 2. The van der Waals surface area contributed by atoms with Crippen LogP contribution in [0.1, 0.15) is 90.2 Å². The summed E-state index contributed by atoms with van der Waals surface area (Å²) in [6.07, 6.45) is 7.75. The maximum absolute atomic E-state index is 14.3. The molecule has 5 aromatic rings. The van der Waals surface area contributed by atoms with Gasteiger partial charge in [0.1, 0.15) is 24.4 Å².